The van der Waals surface area contributed by atoms with Crippen LogP contribution < -0.4 is 0 Å². The number of hydrogen-bond acceptors (Lipinski definition) is 2. The normalized spacial score (nSPS) is 10.0. The average Bonchev–Trinajstić information content (AvgIpc) is 1.82. The van der Waals surface area contributed by atoms with E-state index in [1.807, 2.05) is 0 Å². The Balaban J connectivity index is 3.53. The van der Waals surface area contributed by atoms with Crippen LogP contribution in [0, 0.1) is 0 Å². The molecule has 2 heteroatoms. The van der Waals surface area contributed by atoms with Crippen LogP contribution >= 0.6 is 0 Å². The summed E-state index contributed by atoms with van der Waals surface area (Å²) in [6, 6.07) is 0. The van der Waals surface area contributed by atoms with Gasteiger partial charge in [-0.25, -0.2) is 0 Å². The second kappa shape index (κ2) is 5.19. The van der Waals surface area contributed by atoms with Crippen LogP contribution in [-0.2, 0) is 0 Å². The van der Waals surface area contributed by atoms with Gasteiger partial charge >= 0.3 is 0 Å². The van der Waals surface area contributed by atoms with E-state index in [1.54, 1.807) is 0 Å². The van der Waals surface area contributed by atoms with E-state index < -0.39 is 0 Å². The number of rotatable bonds is 4. The van der Waals surface area contributed by atoms with Gasteiger partial charge in [-0.2, -0.15) is 0 Å². The van der Waals surface area contributed by atoms with Crippen LogP contribution in [0.1, 0.15) is 13.8 Å². The molecule has 0 rings (SSSR count). The molecule has 0 aliphatic rings. The maximum absolute atomic E-state index is 2.22. The van der Waals surface area contributed by atoms with Gasteiger partial charge in [0.2, 0.25) is 0 Å². The third-order valence-corrected chi connectivity index (χ3v) is 1.38. The average molecular weight is 156 g/mol. The lowest BCUT2D eigenvalue weighted by Crippen LogP contribution is -2.25. The van der Waals surface area contributed by atoms with E-state index in [2.05, 4.69) is 51.0 Å². The molecule has 11 heavy (non-hydrogen) atoms. The number of nitrogens with zero attached hydrogens (tertiary/aromatic N) is 2. The monoisotopic (exact) mass is 156 g/mol. The number of likely N-dealkylation sites (N-methyl/N-ethyl adjacent to an activating group) is 2. The van der Waals surface area contributed by atoms with E-state index in [4.69, 9.17) is 0 Å². The highest BCUT2D eigenvalue weighted by molar-refractivity contribution is 4.91. The van der Waals surface area contributed by atoms with Gasteiger partial charge in [-0.3, -0.25) is 0 Å². The molecule has 0 spiro atoms. The Morgan fingerprint density at radius 1 is 1.09 bits per heavy atom. The molecule has 66 valence electrons. The van der Waals surface area contributed by atoms with E-state index in [1.165, 1.54) is 5.57 Å². The SMILES string of the molecule is CC(C)=CN(C)CCN(C)C. The van der Waals surface area contributed by atoms with E-state index in [0.717, 1.165) is 13.1 Å². The zero-order valence-electron chi connectivity index (χ0n) is 8.39. The molecule has 0 aliphatic heterocycles. The first kappa shape index (κ1) is 10.5. The molecule has 0 aromatic rings. The minimum absolute atomic E-state index is 1.10. The van der Waals surface area contributed by atoms with E-state index in [9.17, 15) is 0 Å². The first-order chi connectivity index (χ1) is 5.02. The van der Waals surface area contributed by atoms with Crippen molar-refractivity contribution in [2.24, 2.45) is 0 Å². The van der Waals surface area contributed by atoms with Crippen LogP contribution in [0.25, 0.3) is 0 Å². The molecule has 0 radical (unpaired) electrons. The molecule has 0 N–H and O–H groups in total. The molecular weight excluding hydrogens is 136 g/mol. The maximum atomic E-state index is 2.22. The number of allylic oxidation sites excluding steroid dienone is 1. The predicted octanol–water partition coefficient (Wildman–Crippen LogP) is 1.40. The van der Waals surface area contributed by atoms with Gasteiger partial charge in [-0.15, -0.1) is 0 Å². The Bertz CT molecular complexity index is 124. The molecule has 0 bridgehead atoms. The highest BCUT2D eigenvalue weighted by Crippen LogP contribution is 1.92. The van der Waals surface area contributed by atoms with E-state index in [0.29, 0.717) is 0 Å². The topological polar surface area (TPSA) is 6.48 Å². The molecule has 0 fully saturated rings. The fraction of sp³-hybridized carbons (Fsp3) is 0.778. The van der Waals surface area contributed by atoms with Gasteiger partial charge in [0.1, 0.15) is 0 Å². The van der Waals surface area contributed by atoms with Crippen LogP contribution in [0.2, 0.25) is 0 Å². The summed E-state index contributed by atoms with van der Waals surface area (Å²) in [4.78, 5) is 4.41. The Hall–Kier alpha value is -0.500. The molecule has 0 aromatic carbocycles. The van der Waals surface area contributed by atoms with Crippen molar-refractivity contribution < 1.29 is 0 Å². The summed E-state index contributed by atoms with van der Waals surface area (Å²) in [5, 5.41) is 0. The Kier molecular flexibility index (Phi) is 4.95. The summed E-state index contributed by atoms with van der Waals surface area (Å²) in [5.74, 6) is 0. The lowest BCUT2D eigenvalue weighted by Gasteiger charge is -2.17. The highest BCUT2D eigenvalue weighted by atomic mass is 15.1. The van der Waals surface area contributed by atoms with Crippen molar-refractivity contribution in [2.75, 3.05) is 34.2 Å². The quantitative estimate of drug-likeness (QED) is 0.607. The third kappa shape index (κ3) is 7.40. The van der Waals surface area contributed by atoms with Gasteiger partial charge in [0.05, 0.1) is 0 Å². The van der Waals surface area contributed by atoms with Crippen molar-refractivity contribution in [1.29, 1.82) is 0 Å². The van der Waals surface area contributed by atoms with Gasteiger partial charge in [0, 0.05) is 20.1 Å². The maximum Gasteiger partial charge on any atom is 0.0296 e. The zero-order chi connectivity index (χ0) is 8.85. The van der Waals surface area contributed by atoms with Gasteiger partial charge in [-0.05, 0) is 34.1 Å². The standard InChI is InChI=1S/C9H20N2/c1-9(2)8-11(5)7-6-10(3)4/h8H,6-7H2,1-5H3. The smallest absolute Gasteiger partial charge is 0.0296 e. The van der Waals surface area contributed by atoms with Crippen molar-refractivity contribution in [3.05, 3.63) is 11.8 Å². The van der Waals surface area contributed by atoms with Crippen molar-refractivity contribution >= 4 is 0 Å². The van der Waals surface area contributed by atoms with Crippen molar-refractivity contribution in [3.8, 4) is 0 Å². The molecule has 0 heterocycles. The number of hydrogen-bond donors (Lipinski definition) is 0. The summed E-state index contributed by atoms with van der Waals surface area (Å²) < 4.78 is 0. The summed E-state index contributed by atoms with van der Waals surface area (Å²) in [6.07, 6.45) is 2.17. The van der Waals surface area contributed by atoms with Gasteiger partial charge in [0.25, 0.3) is 0 Å². The zero-order valence-corrected chi connectivity index (χ0v) is 8.39. The summed E-state index contributed by atoms with van der Waals surface area (Å²) >= 11 is 0. The van der Waals surface area contributed by atoms with Crippen LogP contribution in [0.3, 0.4) is 0 Å². The lowest BCUT2D eigenvalue weighted by molar-refractivity contribution is 0.339. The molecule has 0 saturated heterocycles. The molecule has 0 atom stereocenters. The summed E-state index contributed by atoms with van der Waals surface area (Å²) in [7, 11) is 6.29. The third-order valence-electron chi connectivity index (χ3n) is 1.38. The molecule has 2 nitrogen and oxygen atoms in total. The van der Waals surface area contributed by atoms with E-state index in [-0.39, 0.29) is 0 Å². The Morgan fingerprint density at radius 2 is 1.64 bits per heavy atom. The second-order valence-electron chi connectivity index (χ2n) is 3.49. The first-order valence-electron chi connectivity index (χ1n) is 4.02. The predicted molar refractivity (Wildman–Crippen MR) is 50.6 cm³/mol. The van der Waals surface area contributed by atoms with Crippen LogP contribution in [0.15, 0.2) is 11.8 Å². The molecule has 0 aromatic heterocycles. The molecule has 0 saturated carbocycles. The summed E-state index contributed by atoms with van der Waals surface area (Å²) in [5.41, 5.74) is 1.35. The highest BCUT2D eigenvalue weighted by Gasteiger charge is 1.92. The summed E-state index contributed by atoms with van der Waals surface area (Å²) in [6.45, 7) is 6.44. The molecule has 0 aliphatic carbocycles. The van der Waals surface area contributed by atoms with Gasteiger partial charge < -0.3 is 9.80 Å². The first-order valence-corrected chi connectivity index (χ1v) is 4.02. The van der Waals surface area contributed by atoms with E-state index >= 15 is 0 Å². The van der Waals surface area contributed by atoms with Crippen molar-refractivity contribution in [1.82, 2.24) is 9.80 Å². The fourth-order valence-electron chi connectivity index (χ4n) is 0.863. The minimum Gasteiger partial charge on any atom is -0.379 e. The van der Waals surface area contributed by atoms with Crippen LogP contribution in [0.4, 0.5) is 0 Å². The fourth-order valence-corrected chi connectivity index (χ4v) is 0.863. The van der Waals surface area contributed by atoms with Crippen molar-refractivity contribution in [2.45, 2.75) is 13.8 Å². The molecular formula is C9H20N2. The lowest BCUT2D eigenvalue weighted by atomic mass is 10.4. The molecule has 0 amide bonds. The van der Waals surface area contributed by atoms with Crippen LogP contribution in [0.5, 0.6) is 0 Å². The second-order valence-corrected chi connectivity index (χ2v) is 3.49. The van der Waals surface area contributed by atoms with Gasteiger partial charge in [-0.1, -0.05) is 5.57 Å². The minimum atomic E-state index is 1.10. The van der Waals surface area contributed by atoms with Crippen molar-refractivity contribution in [3.63, 3.8) is 0 Å². The van der Waals surface area contributed by atoms with Gasteiger partial charge in [0.15, 0.2) is 0 Å². The Morgan fingerprint density at radius 3 is 2.00 bits per heavy atom. The van der Waals surface area contributed by atoms with Crippen LogP contribution in [-0.4, -0.2) is 44.0 Å². The Labute approximate surface area is 70.5 Å². The molecule has 0 unspecified atom stereocenters. The largest absolute Gasteiger partial charge is 0.379 e.